The van der Waals surface area contributed by atoms with Crippen LogP contribution in [0.1, 0.15) is 30.9 Å². The van der Waals surface area contributed by atoms with Gasteiger partial charge in [-0.05, 0) is 24.0 Å². The summed E-state index contributed by atoms with van der Waals surface area (Å²) in [6.45, 7) is 7.50. The molecule has 2 N–H and O–H groups in total. The van der Waals surface area contributed by atoms with Crippen molar-refractivity contribution in [3.8, 4) is 5.88 Å². The first-order valence-corrected chi connectivity index (χ1v) is 9.36. The molecule has 0 saturated heterocycles. The summed E-state index contributed by atoms with van der Waals surface area (Å²) in [5.41, 5.74) is 2.34. The number of nitrogens with zero attached hydrogens (tertiary/aromatic N) is 2. The van der Waals surface area contributed by atoms with Gasteiger partial charge in [-0.1, -0.05) is 43.3 Å². The molecule has 0 spiro atoms. The Hall–Kier alpha value is -2.60. The number of nitrogens with one attached hydrogen (secondary N) is 2. The predicted molar refractivity (Wildman–Crippen MR) is 109 cm³/mol. The number of hydrogen-bond acceptors (Lipinski definition) is 4. The summed E-state index contributed by atoms with van der Waals surface area (Å²) in [6.07, 6.45) is 1.79. The van der Waals surface area contributed by atoms with Crippen LogP contribution >= 0.6 is 0 Å². The lowest BCUT2D eigenvalue weighted by Crippen LogP contribution is -2.39. The van der Waals surface area contributed by atoms with Crippen molar-refractivity contribution in [2.45, 2.75) is 26.3 Å². The minimum absolute atomic E-state index is 0.403. The van der Waals surface area contributed by atoms with Gasteiger partial charge in [0.1, 0.15) is 6.61 Å². The van der Waals surface area contributed by atoms with Crippen LogP contribution in [0, 0.1) is 0 Å². The molecule has 1 aromatic heterocycles. The molecule has 0 saturated carbocycles. The van der Waals surface area contributed by atoms with E-state index in [9.17, 15) is 0 Å². The lowest BCUT2D eigenvalue weighted by Gasteiger charge is -2.16. The molecule has 146 valence electrons. The van der Waals surface area contributed by atoms with Gasteiger partial charge in [0.2, 0.25) is 5.88 Å². The first kappa shape index (κ1) is 20.7. The molecule has 27 heavy (non-hydrogen) atoms. The fraction of sp³-hybridized carbons (Fsp3) is 0.429. The average Bonchev–Trinajstić information content (AvgIpc) is 2.71. The van der Waals surface area contributed by atoms with Crippen LogP contribution in [-0.2, 0) is 11.3 Å². The van der Waals surface area contributed by atoms with Crippen molar-refractivity contribution in [2.24, 2.45) is 4.99 Å². The third kappa shape index (κ3) is 7.66. The van der Waals surface area contributed by atoms with E-state index in [2.05, 4.69) is 58.7 Å². The van der Waals surface area contributed by atoms with Gasteiger partial charge >= 0.3 is 0 Å². The molecule has 0 radical (unpaired) electrons. The molecule has 0 fully saturated rings. The first-order chi connectivity index (χ1) is 13.2. The molecule has 0 aliphatic rings. The molecule has 0 amide bonds. The summed E-state index contributed by atoms with van der Waals surface area (Å²) in [4.78, 5) is 8.95. The highest BCUT2D eigenvalue weighted by Gasteiger charge is 2.06. The second-order valence-corrected chi connectivity index (χ2v) is 6.23. The Morgan fingerprint density at radius 2 is 1.93 bits per heavy atom. The van der Waals surface area contributed by atoms with Crippen molar-refractivity contribution >= 4 is 5.96 Å². The van der Waals surface area contributed by atoms with Crippen LogP contribution < -0.4 is 15.4 Å². The van der Waals surface area contributed by atoms with Crippen LogP contribution in [0.2, 0.25) is 0 Å². The highest BCUT2D eigenvalue weighted by Crippen LogP contribution is 2.13. The predicted octanol–water partition coefficient (Wildman–Crippen LogP) is 2.97. The normalized spacial score (nSPS) is 12.5. The minimum atomic E-state index is 0.403. The number of guanidine groups is 1. The fourth-order valence-electron chi connectivity index (χ4n) is 2.48. The van der Waals surface area contributed by atoms with Crippen LogP contribution in [0.4, 0.5) is 0 Å². The van der Waals surface area contributed by atoms with E-state index in [-0.39, 0.29) is 0 Å². The lowest BCUT2D eigenvalue weighted by molar-refractivity contribution is 0.143. The topological polar surface area (TPSA) is 67.8 Å². The van der Waals surface area contributed by atoms with Crippen molar-refractivity contribution in [1.29, 1.82) is 0 Å². The minimum Gasteiger partial charge on any atom is -0.475 e. The number of methoxy groups -OCH3 is 1. The Morgan fingerprint density at radius 3 is 2.59 bits per heavy atom. The highest BCUT2D eigenvalue weighted by molar-refractivity contribution is 5.79. The average molecular weight is 370 g/mol. The SMILES string of the molecule is CCNC(=NCc1ccc(OCCOC)nc1)NCC(C)c1ccccc1. The monoisotopic (exact) mass is 370 g/mol. The fourth-order valence-corrected chi connectivity index (χ4v) is 2.48. The molecule has 0 bridgehead atoms. The zero-order valence-electron chi connectivity index (χ0n) is 16.4. The van der Waals surface area contributed by atoms with Crippen molar-refractivity contribution < 1.29 is 9.47 Å². The maximum absolute atomic E-state index is 5.48. The summed E-state index contributed by atoms with van der Waals surface area (Å²) in [7, 11) is 1.65. The molecular weight excluding hydrogens is 340 g/mol. The quantitative estimate of drug-likeness (QED) is 0.382. The summed E-state index contributed by atoms with van der Waals surface area (Å²) in [5, 5.41) is 6.70. The summed E-state index contributed by atoms with van der Waals surface area (Å²) in [5.74, 6) is 1.81. The van der Waals surface area contributed by atoms with Gasteiger partial charge in [0, 0.05) is 32.5 Å². The second-order valence-electron chi connectivity index (χ2n) is 6.23. The molecule has 2 aromatic rings. The Labute approximate surface area is 162 Å². The van der Waals surface area contributed by atoms with Crippen LogP contribution in [0.25, 0.3) is 0 Å². The van der Waals surface area contributed by atoms with E-state index >= 15 is 0 Å². The van der Waals surface area contributed by atoms with Gasteiger partial charge in [-0.25, -0.2) is 9.98 Å². The first-order valence-electron chi connectivity index (χ1n) is 9.36. The summed E-state index contributed by atoms with van der Waals surface area (Å²) < 4.78 is 10.4. The Kier molecular flexibility index (Phi) is 9.13. The van der Waals surface area contributed by atoms with Gasteiger partial charge < -0.3 is 20.1 Å². The zero-order chi connectivity index (χ0) is 19.3. The standard InChI is InChI=1S/C21H30N4O2/c1-4-22-21(24-14-17(2)19-8-6-5-7-9-19)25-16-18-10-11-20(23-15-18)27-13-12-26-3/h5-11,15,17H,4,12-14,16H2,1-3H3,(H2,22,24,25). The van der Waals surface area contributed by atoms with Crippen LogP contribution in [0.15, 0.2) is 53.7 Å². The number of ether oxygens (including phenoxy) is 2. The zero-order valence-corrected chi connectivity index (χ0v) is 16.4. The number of hydrogen-bond donors (Lipinski definition) is 2. The van der Waals surface area contributed by atoms with Crippen LogP contribution in [0.3, 0.4) is 0 Å². The van der Waals surface area contributed by atoms with E-state index in [0.717, 1.165) is 24.6 Å². The molecule has 1 heterocycles. The van der Waals surface area contributed by atoms with E-state index in [0.29, 0.717) is 31.6 Å². The van der Waals surface area contributed by atoms with Gasteiger partial charge in [0.25, 0.3) is 0 Å². The van der Waals surface area contributed by atoms with E-state index < -0.39 is 0 Å². The van der Waals surface area contributed by atoms with Gasteiger partial charge in [0.05, 0.1) is 13.2 Å². The largest absolute Gasteiger partial charge is 0.475 e. The van der Waals surface area contributed by atoms with Crippen molar-refractivity contribution in [3.05, 3.63) is 59.8 Å². The smallest absolute Gasteiger partial charge is 0.213 e. The van der Waals surface area contributed by atoms with Crippen molar-refractivity contribution in [2.75, 3.05) is 33.4 Å². The maximum Gasteiger partial charge on any atom is 0.213 e. The Balaban J connectivity index is 1.87. The van der Waals surface area contributed by atoms with Crippen molar-refractivity contribution in [3.63, 3.8) is 0 Å². The number of rotatable bonds is 10. The molecule has 0 aliphatic heterocycles. The van der Waals surface area contributed by atoms with Gasteiger partial charge in [-0.2, -0.15) is 0 Å². The van der Waals surface area contributed by atoms with Crippen LogP contribution in [-0.4, -0.2) is 44.4 Å². The molecule has 6 heteroatoms. The van der Waals surface area contributed by atoms with Gasteiger partial charge in [-0.15, -0.1) is 0 Å². The number of pyridine rings is 1. The van der Waals surface area contributed by atoms with Crippen molar-refractivity contribution in [1.82, 2.24) is 15.6 Å². The molecule has 1 aromatic carbocycles. The summed E-state index contributed by atoms with van der Waals surface area (Å²) in [6, 6.07) is 14.3. The summed E-state index contributed by atoms with van der Waals surface area (Å²) >= 11 is 0. The molecule has 0 aliphatic carbocycles. The van der Waals surface area contributed by atoms with Crippen LogP contribution in [0.5, 0.6) is 5.88 Å². The van der Waals surface area contributed by atoms with Gasteiger partial charge in [0.15, 0.2) is 5.96 Å². The lowest BCUT2D eigenvalue weighted by atomic mass is 10.0. The van der Waals surface area contributed by atoms with E-state index in [1.54, 1.807) is 13.3 Å². The molecule has 1 unspecified atom stereocenters. The van der Waals surface area contributed by atoms with E-state index in [1.165, 1.54) is 5.56 Å². The van der Waals surface area contributed by atoms with E-state index in [1.807, 2.05) is 18.2 Å². The number of benzene rings is 1. The molecule has 6 nitrogen and oxygen atoms in total. The third-order valence-electron chi connectivity index (χ3n) is 4.04. The number of aromatic nitrogens is 1. The number of aliphatic imine (C=N–C) groups is 1. The molecule has 1 atom stereocenters. The third-order valence-corrected chi connectivity index (χ3v) is 4.04. The maximum atomic E-state index is 5.48. The van der Waals surface area contributed by atoms with Gasteiger partial charge in [-0.3, -0.25) is 0 Å². The van der Waals surface area contributed by atoms with E-state index in [4.69, 9.17) is 9.47 Å². The Bertz CT molecular complexity index is 674. The highest BCUT2D eigenvalue weighted by atomic mass is 16.5. The Morgan fingerprint density at radius 1 is 1.11 bits per heavy atom. The molecule has 2 rings (SSSR count). The second kappa shape index (κ2) is 11.9. The molecular formula is C21H30N4O2.